The lowest BCUT2D eigenvalue weighted by Crippen LogP contribution is -2.30. The lowest BCUT2D eigenvalue weighted by molar-refractivity contribution is -0.127. The predicted octanol–water partition coefficient (Wildman–Crippen LogP) is 2.46. The first kappa shape index (κ1) is 13.1. The number of amides is 1. The van der Waals surface area contributed by atoms with Crippen molar-refractivity contribution in [3.63, 3.8) is 0 Å². The van der Waals surface area contributed by atoms with Crippen molar-refractivity contribution in [2.75, 3.05) is 0 Å². The number of furan rings is 1. The summed E-state index contributed by atoms with van der Waals surface area (Å²) < 4.78 is 5.36. The Hall–Kier alpha value is -2.36. The van der Waals surface area contributed by atoms with Gasteiger partial charge in [0.25, 0.3) is 0 Å². The highest BCUT2D eigenvalue weighted by atomic mass is 16.3. The molecule has 4 heteroatoms. The number of hydrogen-bond acceptors (Lipinski definition) is 3. The summed E-state index contributed by atoms with van der Waals surface area (Å²) in [6.07, 6.45) is 1.44. The van der Waals surface area contributed by atoms with Gasteiger partial charge in [-0.25, -0.2) is 0 Å². The maximum atomic E-state index is 11.8. The SMILES string of the molecule is CC(=O)CC(=O)NC(c1ccccc1)c1ccco1. The van der Waals surface area contributed by atoms with Crippen LogP contribution < -0.4 is 5.32 Å². The maximum absolute atomic E-state index is 11.8. The number of hydrogen-bond donors (Lipinski definition) is 1. The zero-order chi connectivity index (χ0) is 13.7. The van der Waals surface area contributed by atoms with Gasteiger partial charge in [-0.15, -0.1) is 0 Å². The summed E-state index contributed by atoms with van der Waals surface area (Å²) in [5.41, 5.74) is 0.911. The van der Waals surface area contributed by atoms with E-state index in [1.54, 1.807) is 18.4 Å². The summed E-state index contributed by atoms with van der Waals surface area (Å²) in [4.78, 5) is 22.7. The van der Waals surface area contributed by atoms with E-state index in [1.165, 1.54) is 6.92 Å². The fourth-order valence-corrected chi connectivity index (χ4v) is 1.86. The molecule has 98 valence electrons. The van der Waals surface area contributed by atoms with E-state index in [0.29, 0.717) is 5.76 Å². The van der Waals surface area contributed by atoms with Crippen molar-refractivity contribution in [2.24, 2.45) is 0 Å². The summed E-state index contributed by atoms with van der Waals surface area (Å²) in [6, 6.07) is 12.7. The lowest BCUT2D eigenvalue weighted by Gasteiger charge is -2.16. The number of carbonyl (C=O) groups excluding carboxylic acids is 2. The van der Waals surface area contributed by atoms with Crippen LogP contribution >= 0.6 is 0 Å². The molecule has 0 radical (unpaired) electrons. The maximum Gasteiger partial charge on any atom is 0.228 e. The van der Waals surface area contributed by atoms with Gasteiger partial charge in [-0.1, -0.05) is 30.3 Å². The molecule has 19 heavy (non-hydrogen) atoms. The van der Waals surface area contributed by atoms with Gasteiger partial charge in [0.1, 0.15) is 17.6 Å². The number of benzene rings is 1. The smallest absolute Gasteiger partial charge is 0.228 e. The van der Waals surface area contributed by atoms with Crippen LogP contribution in [0.3, 0.4) is 0 Å². The minimum Gasteiger partial charge on any atom is -0.467 e. The molecular formula is C15H15NO3. The Morgan fingerprint density at radius 1 is 1.16 bits per heavy atom. The Labute approximate surface area is 111 Å². The molecule has 0 saturated heterocycles. The molecule has 1 unspecified atom stereocenters. The molecule has 0 fully saturated rings. The number of carbonyl (C=O) groups is 2. The normalized spacial score (nSPS) is 11.8. The molecule has 2 rings (SSSR count). The second-order valence-corrected chi connectivity index (χ2v) is 4.31. The molecule has 1 heterocycles. The average molecular weight is 257 g/mol. The minimum atomic E-state index is -0.372. The van der Waals surface area contributed by atoms with Crippen LogP contribution in [-0.4, -0.2) is 11.7 Å². The highest BCUT2D eigenvalue weighted by Crippen LogP contribution is 2.22. The van der Waals surface area contributed by atoms with E-state index in [9.17, 15) is 9.59 Å². The summed E-state index contributed by atoms with van der Waals surface area (Å²) in [5.74, 6) is 0.171. The number of rotatable bonds is 5. The largest absolute Gasteiger partial charge is 0.467 e. The van der Waals surface area contributed by atoms with E-state index in [-0.39, 0.29) is 24.2 Å². The van der Waals surface area contributed by atoms with Crippen LogP contribution in [0.1, 0.15) is 30.7 Å². The lowest BCUT2D eigenvalue weighted by atomic mass is 10.0. The molecule has 1 amide bonds. The van der Waals surface area contributed by atoms with Crippen LogP contribution in [-0.2, 0) is 9.59 Å². The van der Waals surface area contributed by atoms with Crippen LogP contribution in [0.5, 0.6) is 0 Å². The molecule has 2 aromatic rings. The van der Waals surface area contributed by atoms with E-state index in [1.807, 2.05) is 30.3 Å². The quantitative estimate of drug-likeness (QED) is 0.837. The van der Waals surface area contributed by atoms with Crippen LogP contribution in [0, 0.1) is 0 Å². The molecule has 4 nitrogen and oxygen atoms in total. The van der Waals surface area contributed by atoms with E-state index in [4.69, 9.17) is 4.42 Å². The van der Waals surface area contributed by atoms with Crippen LogP contribution in [0.2, 0.25) is 0 Å². The van der Waals surface area contributed by atoms with E-state index in [0.717, 1.165) is 5.56 Å². The molecule has 1 N–H and O–H groups in total. The van der Waals surface area contributed by atoms with E-state index >= 15 is 0 Å². The Morgan fingerprint density at radius 3 is 2.47 bits per heavy atom. The molecule has 0 aliphatic carbocycles. The van der Waals surface area contributed by atoms with Crippen molar-refractivity contribution in [3.8, 4) is 0 Å². The number of Topliss-reactive ketones (excluding diaryl/α,β-unsaturated/α-hetero) is 1. The summed E-state index contributed by atoms with van der Waals surface area (Å²) in [6.45, 7) is 1.39. The molecule has 1 atom stereocenters. The van der Waals surface area contributed by atoms with Gasteiger partial charge in [0.15, 0.2) is 0 Å². The second-order valence-electron chi connectivity index (χ2n) is 4.31. The average Bonchev–Trinajstić information content (AvgIpc) is 2.90. The third-order valence-corrected chi connectivity index (χ3v) is 2.68. The fraction of sp³-hybridized carbons (Fsp3) is 0.200. The van der Waals surface area contributed by atoms with Crippen LogP contribution in [0.25, 0.3) is 0 Å². The first-order chi connectivity index (χ1) is 9.16. The van der Waals surface area contributed by atoms with Gasteiger partial charge in [-0.3, -0.25) is 9.59 Å². The van der Waals surface area contributed by atoms with Crippen molar-refractivity contribution in [3.05, 3.63) is 60.1 Å². The first-order valence-corrected chi connectivity index (χ1v) is 6.04. The molecule has 1 aromatic heterocycles. The predicted molar refractivity (Wildman–Crippen MR) is 70.4 cm³/mol. The number of ketones is 1. The van der Waals surface area contributed by atoms with Crippen molar-refractivity contribution in [1.29, 1.82) is 0 Å². The van der Waals surface area contributed by atoms with Crippen molar-refractivity contribution < 1.29 is 14.0 Å². The monoisotopic (exact) mass is 257 g/mol. The zero-order valence-electron chi connectivity index (χ0n) is 10.6. The van der Waals surface area contributed by atoms with Gasteiger partial charge in [0.2, 0.25) is 5.91 Å². The van der Waals surface area contributed by atoms with E-state index < -0.39 is 0 Å². The van der Waals surface area contributed by atoms with Crippen molar-refractivity contribution >= 4 is 11.7 Å². The fourth-order valence-electron chi connectivity index (χ4n) is 1.86. The minimum absolute atomic E-state index is 0.121. The van der Waals surface area contributed by atoms with Gasteiger partial charge in [0, 0.05) is 0 Å². The Bertz CT molecular complexity index is 546. The molecule has 1 aromatic carbocycles. The summed E-state index contributed by atoms with van der Waals surface area (Å²) in [5, 5.41) is 2.81. The zero-order valence-corrected chi connectivity index (χ0v) is 10.6. The van der Waals surface area contributed by atoms with Crippen LogP contribution in [0.15, 0.2) is 53.1 Å². The highest BCUT2D eigenvalue weighted by molar-refractivity contribution is 5.97. The summed E-state index contributed by atoms with van der Waals surface area (Å²) in [7, 11) is 0. The second kappa shape index (κ2) is 6.00. The van der Waals surface area contributed by atoms with E-state index in [2.05, 4.69) is 5.32 Å². The van der Waals surface area contributed by atoms with Gasteiger partial charge < -0.3 is 9.73 Å². The Balaban J connectivity index is 2.21. The van der Waals surface area contributed by atoms with Gasteiger partial charge in [-0.2, -0.15) is 0 Å². The molecule has 0 aliphatic heterocycles. The third kappa shape index (κ3) is 3.55. The third-order valence-electron chi connectivity index (χ3n) is 2.68. The van der Waals surface area contributed by atoms with Crippen molar-refractivity contribution in [1.82, 2.24) is 5.32 Å². The molecule has 0 bridgehead atoms. The number of nitrogens with one attached hydrogen (secondary N) is 1. The molecule has 0 saturated carbocycles. The van der Waals surface area contributed by atoms with Gasteiger partial charge in [-0.05, 0) is 24.6 Å². The highest BCUT2D eigenvalue weighted by Gasteiger charge is 2.19. The Kier molecular flexibility index (Phi) is 4.13. The van der Waals surface area contributed by atoms with Gasteiger partial charge in [0.05, 0.1) is 12.7 Å². The molecule has 0 spiro atoms. The molecular weight excluding hydrogens is 242 g/mol. The van der Waals surface area contributed by atoms with Crippen LogP contribution in [0.4, 0.5) is 0 Å². The first-order valence-electron chi connectivity index (χ1n) is 6.04. The van der Waals surface area contributed by atoms with Crippen molar-refractivity contribution in [2.45, 2.75) is 19.4 Å². The summed E-state index contributed by atoms with van der Waals surface area (Å²) >= 11 is 0. The topological polar surface area (TPSA) is 59.3 Å². The Morgan fingerprint density at radius 2 is 1.89 bits per heavy atom. The van der Waals surface area contributed by atoms with Gasteiger partial charge >= 0.3 is 0 Å². The molecule has 0 aliphatic rings. The standard InChI is InChI=1S/C15H15NO3/c1-11(17)10-14(18)16-15(13-8-5-9-19-13)12-6-3-2-4-7-12/h2-9,15H,10H2,1H3,(H,16,18).